The minimum Gasteiger partial charge on any atom is -0.481 e. The van der Waals surface area contributed by atoms with Crippen LogP contribution in [-0.4, -0.2) is 46.2 Å². The number of carboxylic acid groups (broad SMARTS) is 1. The number of carbonyl (C=O) groups is 1. The van der Waals surface area contributed by atoms with E-state index in [9.17, 15) is 9.90 Å². The minimum atomic E-state index is -0.742. The van der Waals surface area contributed by atoms with Crippen LogP contribution in [0.5, 0.6) is 0 Å². The van der Waals surface area contributed by atoms with Gasteiger partial charge < -0.3 is 15.1 Å². The Hall–Kier alpha value is -1.17. The highest BCUT2D eigenvalue weighted by Crippen LogP contribution is 2.32. The Kier molecular flexibility index (Phi) is 9.52. The fraction of sp³-hybridized carbons (Fsp3) is 0.571. The first-order valence-electron chi connectivity index (χ1n) is 9.57. The molecule has 2 rings (SSSR count). The lowest BCUT2D eigenvalue weighted by atomic mass is 10.1. The topological polar surface area (TPSA) is 60.8 Å². The number of alkyl halides is 1. The maximum atomic E-state index is 10.5. The van der Waals surface area contributed by atoms with Crippen molar-refractivity contribution < 1.29 is 15.0 Å². The molecule has 150 valence electrons. The van der Waals surface area contributed by atoms with Crippen molar-refractivity contribution in [3.8, 4) is 0 Å². The molecule has 0 spiro atoms. The van der Waals surface area contributed by atoms with Gasteiger partial charge in [-0.2, -0.15) is 11.8 Å². The van der Waals surface area contributed by atoms with Crippen LogP contribution in [0.25, 0.3) is 0 Å². The second-order valence-electron chi connectivity index (χ2n) is 6.95. The highest BCUT2D eigenvalue weighted by Gasteiger charge is 2.31. The molecule has 6 heteroatoms. The Bertz CT molecular complexity index is 608. The SMILES string of the molecule is CSCCC(O)c1ccc(N2CCC(Cl)C2C/C=C/CCCC(=O)O)cc1. The molecule has 27 heavy (non-hydrogen) atoms. The number of hydrogen-bond donors (Lipinski definition) is 2. The van der Waals surface area contributed by atoms with Gasteiger partial charge in [-0.05, 0) is 61.8 Å². The van der Waals surface area contributed by atoms with Crippen LogP contribution in [0, 0.1) is 0 Å². The van der Waals surface area contributed by atoms with Gasteiger partial charge in [0.1, 0.15) is 0 Å². The summed E-state index contributed by atoms with van der Waals surface area (Å²) in [7, 11) is 0. The number of allylic oxidation sites excluding steroid dienone is 1. The largest absolute Gasteiger partial charge is 0.481 e. The number of anilines is 1. The minimum absolute atomic E-state index is 0.112. The summed E-state index contributed by atoms with van der Waals surface area (Å²) in [6.45, 7) is 0.931. The molecular formula is C21H30ClNO3S. The fourth-order valence-corrected chi connectivity index (χ4v) is 4.22. The van der Waals surface area contributed by atoms with Crippen LogP contribution < -0.4 is 4.90 Å². The highest BCUT2D eigenvalue weighted by atomic mass is 35.5. The zero-order chi connectivity index (χ0) is 19.6. The van der Waals surface area contributed by atoms with E-state index in [-0.39, 0.29) is 17.8 Å². The van der Waals surface area contributed by atoms with E-state index in [4.69, 9.17) is 16.7 Å². The summed E-state index contributed by atoms with van der Waals surface area (Å²) in [6.07, 6.45) is 10.1. The number of aliphatic hydroxyl groups is 1. The van der Waals surface area contributed by atoms with Crippen molar-refractivity contribution in [2.24, 2.45) is 0 Å². The molecule has 0 aromatic heterocycles. The predicted octanol–water partition coefficient (Wildman–Crippen LogP) is 4.86. The molecule has 1 aliphatic rings. The number of thioether (sulfide) groups is 1. The van der Waals surface area contributed by atoms with Crippen LogP contribution in [0.3, 0.4) is 0 Å². The molecule has 1 aliphatic heterocycles. The third-order valence-electron chi connectivity index (χ3n) is 4.97. The third-order valence-corrected chi connectivity index (χ3v) is 6.13. The molecule has 0 saturated carbocycles. The van der Waals surface area contributed by atoms with Crippen molar-refractivity contribution in [3.63, 3.8) is 0 Å². The van der Waals surface area contributed by atoms with Gasteiger partial charge in [0.2, 0.25) is 0 Å². The van der Waals surface area contributed by atoms with Crippen LogP contribution in [0.15, 0.2) is 36.4 Å². The molecule has 3 unspecified atom stereocenters. The zero-order valence-electron chi connectivity index (χ0n) is 15.9. The van der Waals surface area contributed by atoms with Crippen molar-refractivity contribution >= 4 is 35.0 Å². The first-order chi connectivity index (χ1) is 13.0. The lowest BCUT2D eigenvalue weighted by molar-refractivity contribution is -0.137. The predicted molar refractivity (Wildman–Crippen MR) is 115 cm³/mol. The number of aliphatic hydroxyl groups excluding tert-OH is 1. The van der Waals surface area contributed by atoms with E-state index in [2.05, 4.69) is 29.2 Å². The number of nitrogens with zero attached hydrogens (tertiary/aromatic N) is 1. The van der Waals surface area contributed by atoms with Crippen LogP contribution in [0.2, 0.25) is 0 Å². The summed E-state index contributed by atoms with van der Waals surface area (Å²) in [4.78, 5) is 12.9. The van der Waals surface area contributed by atoms with Crippen molar-refractivity contribution in [1.82, 2.24) is 0 Å². The smallest absolute Gasteiger partial charge is 0.303 e. The van der Waals surface area contributed by atoms with E-state index in [1.807, 2.05) is 18.4 Å². The van der Waals surface area contributed by atoms with E-state index in [0.717, 1.165) is 49.2 Å². The maximum Gasteiger partial charge on any atom is 0.303 e. The molecule has 1 heterocycles. The second-order valence-corrected chi connectivity index (χ2v) is 8.49. The lowest BCUT2D eigenvalue weighted by Gasteiger charge is -2.28. The average Bonchev–Trinajstić information content (AvgIpc) is 3.03. The van der Waals surface area contributed by atoms with Gasteiger partial charge >= 0.3 is 5.97 Å². The summed E-state index contributed by atoms with van der Waals surface area (Å²) < 4.78 is 0. The summed E-state index contributed by atoms with van der Waals surface area (Å²) in [6, 6.07) is 8.43. The number of aliphatic carboxylic acids is 1. The van der Waals surface area contributed by atoms with Crippen molar-refractivity contribution in [2.75, 3.05) is 23.5 Å². The molecule has 0 aliphatic carbocycles. The van der Waals surface area contributed by atoms with Gasteiger partial charge in [0.25, 0.3) is 0 Å². The number of unbranched alkanes of at least 4 members (excludes halogenated alkanes) is 1. The maximum absolute atomic E-state index is 10.5. The van der Waals surface area contributed by atoms with Crippen LogP contribution in [0.4, 0.5) is 5.69 Å². The molecule has 4 nitrogen and oxygen atoms in total. The Morgan fingerprint density at radius 1 is 1.37 bits per heavy atom. The fourth-order valence-electron chi connectivity index (χ4n) is 3.42. The van der Waals surface area contributed by atoms with Gasteiger partial charge in [-0.3, -0.25) is 4.79 Å². The Morgan fingerprint density at radius 3 is 2.78 bits per heavy atom. The Labute approximate surface area is 171 Å². The third kappa shape index (κ3) is 7.05. The first-order valence-corrected chi connectivity index (χ1v) is 11.4. The average molecular weight is 412 g/mol. The molecule has 0 amide bonds. The Balaban J connectivity index is 1.91. The molecule has 0 radical (unpaired) electrons. The first kappa shape index (κ1) is 22.1. The van der Waals surface area contributed by atoms with E-state index in [0.29, 0.717) is 6.42 Å². The molecule has 1 aromatic rings. The number of halogens is 1. The monoisotopic (exact) mass is 411 g/mol. The summed E-state index contributed by atoms with van der Waals surface area (Å²) in [5, 5.41) is 19.0. The van der Waals surface area contributed by atoms with E-state index < -0.39 is 12.1 Å². The van der Waals surface area contributed by atoms with Gasteiger partial charge in [-0.1, -0.05) is 24.3 Å². The Morgan fingerprint density at radius 2 is 2.11 bits per heavy atom. The standard InChI is InChI=1S/C21H30ClNO3S/c1-27-15-13-20(24)16-8-10-17(11-9-16)23-14-12-18(22)19(23)6-4-2-3-5-7-21(25)26/h2,4,8-11,18-20,24H,3,5-7,12-15H2,1H3,(H,25,26)/b4-2+. The molecule has 1 aromatic carbocycles. The van der Waals surface area contributed by atoms with Crippen molar-refractivity contribution in [2.45, 2.75) is 56.0 Å². The summed E-state index contributed by atoms with van der Waals surface area (Å²) in [5.41, 5.74) is 2.10. The summed E-state index contributed by atoms with van der Waals surface area (Å²) in [5.74, 6) is 0.206. The molecule has 1 saturated heterocycles. The number of rotatable bonds is 11. The molecule has 0 bridgehead atoms. The second kappa shape index (κ2) is 11.6. The summed E-state index contributed by atoms with van der Waals surface area (Å²) >= 11 is 8.29. The number of carboxylic acids is 1. The van der Waals surface area contributed by atoms with Crippen LogP contribution in [0.1, 0.15) is 50.2 Å². The van der Waals surface area contributed by atoms with Gasteiger partial charge in [0, 0.05) is 24.7 Å². The van der Waals surface area contributed by atoms with Crippen molar-refractivity contribution in [1.29, 1.82) is 0 Å². The van der Waals surface area contributed by atoms with Crippen LogP contribution in [-0.2, 0) is 4.79 Å². The van der Waals surface area contributed by atoms with E-state index in [1.54, 1.807) is 11.8 Å². The van der Waals surface area contributed by atoms with Gasteiger partial charge in [0.05, 0.1) is 11.5 Å². The molecular weight excluding hydrogens is 382 g/mol. The molecule has 3 atom stereocenters. The van der Waals surface area contributed by atoms with E-state index in [1.165, 1.54) is 0 Å². The normalized spacial score (nSPS) is 21.1. The molecule has 1 fully saturated rings. The highest BCUT2D eigenvalue weighted by molar-refractivity contribution is 7.98. The lowest BCUT2D eigenvalue weighted by Crippen LogP contribution is -2.32. The van der Waals surface area contributed by atoms with Gasteiger partial charge in [-0.25, -0.2) is 0 Å². The quantitative estimate of drug-likeness (QED) is 0.309. The van der Waals surface area contributed by atoms with Gasteiger partial charge in [0.15, 0.2) is 0 Å². The number of hydrogen-bond acceptors (Lipinski definition) is 4. The van der Waals surface area contributed by atoms with Crippen LogP contribution >= 0.6 is 23.4 Å². The van der Waals surface area contributed by atoms with Gasteiger partial charge in [-0.15, -0.1) is 11.6 Å². The molecule has 2 N–H and O–H groups in total. The van der Waals surface area contributed by atoms with Crippen molar-refractivity contribution in [3.05, 3.63) is 42.0 Å². The zero-order valence-corrected chi connectivity index (χ0v) is 17.5. The van der Waals surface area contributed by atoms with E-state index >= 15 is 0 Å². The number of benzene rings is 1.